The summed E-state index contributed by atoms with van der Waals surface area (Å²) in [7, 11) is 0. The van der Waals surface area contributed by atoms with Crippen LogP contribution in [0.1, 0.15) is 16.0 Å². The van der Waals surface area contributed by atoms with Gasteiger partial charge in [0, 0.05) is 31.9 Å². The Morgan fingerprint density at radius 1 is 0.930 bits per heavy atom. The van der Waals surface area contributed by atoms with E-state index in [2.05, 4.69) is 65.5 Å². The third-order valence-corrected chi connectivity index (χ3v) is 10.1. The zero-order valence-electron chi connectivity index (χ0n) is 23.2. The first-order valence-corrected chi connectivity index (χ1v) is 16.2. The molecule has 2 aromatic heterocycles. The van der Waals surface area contributed by atoms with Gasteiger partial charge in [0.2, 0.25) is 0 Å². The van der Waals surface area contributed by atoms with Crippen molar-refractivity contribution in [2.45, 2.75) is 23.3 Å². The molecule has 0 radical (unpaired) electrons. The molecule has 0 saturated carbocycles. The number of carboxylic acids is 1. The second-order valence-electron chi connectivity index (χ2n) is 9.96. The average molecular weight is 619 g/mol. The van der Waals surface area contributed by atoms with Crippen molar-refractivity contribution in [1.82, 2.24) is 3.97 Å². The molecule has 6 aromatic rings. The SMILES string of the molecule is Cc1ccc(Sn2c(-c3cccc(-c4ccc(CO)c(SCC(=O)O)c4)c3)c(-c3ccsc3C#N)c3ccccc32)cc1. The fourth-order valence-corrected chi connectivity index (χ4v) is 7.63. The van der Waals surface area contributed by atoms with E-state index in [1.54, 1.807) is 11.9 Å². The smallest absolute Gasteiger partial charge is 0.313 e. The van der Waals surface area contributed by atoms with Crippen LogP contribution in [0.2, 0.25) is 0 Å². The monoisotopic (exact) mass is 618 g/mol. The number of benzene rings is 4. The number of thioether (sulfide) groups is 1. The normalized spacial score (nSPS) is 11.1. The van der Waals surface area contributed by atoms with Gasteiger partial charge in [-0.2, -0.15) is 5.26 Å². The van der Waals surface area contributed by atoms with Gasteiger partial charge in [0.25, 0.3) is 0 Å². The molecule has 2 heterocycles. The predicted octanol–water partition coefficient (Wildman–Crippen LogP) is 9.11. The number of aliphatic carboxylic acids is 1. The maximum Gasteiger partial charge on any atom is 0.313 e. The van der Waals surface area contributed by atoms with Gasteiger partial charge < -0.3 is 10.2 Å². The van der Waals surface area contributed by atoms with Gasteiger partial charge in [0.15, 0.2) is 0 Å². The summed E-state index contributed by atoms with van der Waals surface area (Å²) in [6.07, 6.45) is 0. The van der Waals surface area contributed by atoms with Crippen molar-refractivity contribution in [3.05, 3.63) is 118 Å². The Morgan fingerprint density at radius 3 is 2.47 bits per heavy atom. The number of aromatic nitrogens is 1. The fourth-order valence-electron chi connectivity index (χ4n) is 5.12. The number of carbonyl (C=O) groups is 1. The highest BCUT2D eigenvalue weighted by Gasteiger charge is 2.24. The van der Waals surface area contributed by atoms with Crippen LogP contribution in [-0.4, -0.2) is 25.9 Å². The third kappa shape index (κ3) is 5.85. The maximum absolute atomic E-state index is 11.3. The van der Waals surface area contributed by atoms with Gasteiger partial charge in [-0.15, -0.1) is 23.1 Å². The van der Waals surface area contributed by atoms with Gasteiger partial charge in [-0.05, 0) is 77.3 Å². The molecule has 0 unspecified atom stereocenters. The highest BCUT2D eigenvalue weighted by Crippen LogP contribution is 2.47. The molecule has 43 heavy (non-hydrogen) atoms. The van der Waals surface area contributed by atoms with Gasteiger partial charge >= 0.3 is 5.97 Å². The van der Waals surface area contributed by atoms with Crippen molar-refractivity contribution in [2.75, 3.05) is 5.75 Å². The number of hydrogen-bond acceptors (Lipinski definition) is 6. The summed E-state index contributed by atoms with van der Waals surface area (Å²) in [4.78, 5) is 13.8. The molecule has 0 spiro atoms. The second kappa shape index (κ2) is 12.5. The van der Waals surface area contributed by atoms with E-state index in [4.69, 9.17) is 0 Å². The topological polar surface area (TPSA) is 86.2 Å². The Balaban J connectivity index is 1.57. The molecule has 8 heteroatoms. The Bertz CT molecular complexity index is 2000. The number of aliphatic hydroxyl groups excluding tert-OH is 1. The zero-order valence-corrected chi connectivity index (χ0v) is 25.6. The number of carboxylic acid groups (broad SMARTS) is 1. The molecule has 0 bridgehead atoms. The van der Waals surface area contributed by atoms with E-state index in [9.17, 15) is 20.3 Å². The minimum atomic E-state index is -0.905. The van der Waals surface area contributed by atoms with Crippen LogP contribution in [0.15, 0.2) is 112 Å². The number of thiophene rings is 1. The van der Waals surface area contributed by atoms with E-state index in [0.717, 1.165) is 54.2 Å². The lowest BCUT2D eigenvalue weighted by Gasteiger charge is -2.14. The van der Waals surface area contributed by atoms with Crippen molar-refractivity contribution in [1.29, 1.82) is 5.26 Å². The molecule has 0 aliphatic heterocycles. The van der Waals surface area contributed by atoms with Crippen LogP contribution in [0.3, 0.4) is 0 Å². The molecule has 5 nitrogen and oxygen atoms in total. The number of aliphatic hydroxyl groups is 1. The van der Waals surface area contributed by atoms with Crippen LogP contribution in [0, 0.1) is 18.3 Å². The molecule has 0 aliphatic carbocycles. The number of aryl methyl sites for hydroxylation is 1. The molecule has 6 rings (SSSR count). The van der Waals surface area contributed by atoms with Gasteiger partial charge in [0.1, 0.15) is 10.9 Å². The van der Waals surface area contributed by atoms with Crippen molar-refractivity contribution in [2.24, 2.45) is 0 Å². The highest BCUT2D eigenvalue weighted by atomic mass is 32.2. The molecule has 0 atom stereocenters. The number of nitriles is 1. The minimum absolute atomic E-state index is 0.0853. The quantitative estimate of drug-likeness (QED) is 0.157. The van der Waals surface area contributed by atoms with Crippen molar-refractivity contribution in [3.8, 4) is 39.6 Å². The molecule has 0 aliphatic rings. The lowest BCUT2D eigenvalue weighted by atomic mass is 9.96. The Morgan fingerprint density at radius 2 is 1.70 bits per heavy atom. The van der Waals surface area contributed by atoms with Gasteiger partial charge in [-0.1, -0.05) is 66.2 Å². The maximum atomic E-state index is 11.3. The van der Waals surface area contributed by atoms with Crippen LogP contribution in [0.5, 0.6) is 0 Å². The number of hydrogen-bond donors (Lipinski definition) is 2. The molecule has 212 valence electrons. The lowest BCUT2D eigenvalue weighted by Crippen LogP contribution is -1.99. The average Bonchev–Trinajstić information content (AvgIpc) is 3.63. The first kappa shape index (κ1) is 28.8. The van der Waals surface area contributed by atoms with Crippen molar-refractivity contribution < 1.29 is 15.0 Å². The van der Waals surface area contributed by atoms with E-state index < -0.39 is 5.97 Å². The zero-order chi connectivity index (χ0) is 29.9. The highest BCUT2D eigenvalue weighted by molar-refractivity contribution is 8.00. The Kier molecular flexibility index (Phi) is 8.41. The van der Waals surface area contributed by atoms with E-state index in [-0.39, 0.29) is 12.4 Å². The summed E-state index contributed by atoms with van der Waals surface area (Å²) in [5.41, 5.74) is 8.75. The second-order valence-corrected chi connectivity index (χ2v) is 12.9. The first-order valence-electron chi connectivity index (χ1n) is 13.5. The third-order valence-electron chi connectivity index (χ3n) is 7.14. The van der Waals surface area contributed by atoms with Crippen LogP contribution in [0.4, 0.5) is 0 Å². The molecular formula is C35H26N2O3S3. The molecule has 4 aromatic carbocycles. The number of nitrogens with zero attached hydrogens (tertiary/aromatic N) is 2. The Labute approximate surface area is 262 Å². The standard InChI is InChI=1S/C35H26N2O3S3/c1-22-9-13-27(14-10-22)43-37-30-8-3-2-7-28(30)34(29-15-16-41-32(29)19-36)35(37)25-6-4-5-23(17-25)24-11-12-26(20-38)31(18-24)42-21-33(39)40/h2-18,38H,20-21H2,1H3,(H,39,40). The largest absolute Gasteiger partial charge is 0.481 e. The molecular weight excluding hydrogens is 593 g/mol. The van der Waals surface area contributed by atoms with E-state index in [1.165, 1.54) is 28.7 Å². The van der Waals surface area contributed by atoms with Gasteiger partial charge in [-0.25, -0.2) is 0 Å². The summed E-state index contributed by atoms with van der Waals surface area (Å²) >= 11 is 4.29. The summed E-state index contributed by atoms with van der Waals surface area (Å²) in [6.45, 7) is 1.91. The van der Waals surface area contributed by atoms with Crippen molar-refractivity contribution >= 4 is 51.9 Å². The number of fused-ring (bicyclic) bond motifs is 1. The van der Waals surface area contributed by atoms with Gasteiger partial charge in [0.05, 0.1) is 23.6 Å². The van der Waals surface area contributed by atoms with Crippen LogP contribution in [-0.2, 0) is 11.4 Å². The van der Waals surface area contributed by atoms with Crippen LogP contribution >= 0.6 is 35.0 Å². The minimum Gasteiger partial charge on any atom is -0.481 e. The lowest BCUT2D eigenvalue weighted by molar-refractivity contribution is -0.133. The molecule has 0 amide bonds. The first-order chi connectivity index (χ1) is 21.0. The molecule has 0 fully saturated rings. The fraction of sp³-hybridized carbons (Fsp3) is 0.0857. The van der Waals surface area contributed by atoms with Crippen LogP contribution in [0.25, 0.3) is 44.4 Å². The summed E-state index contributed by atoms with van der Waals surface area (Å²) in [5, 5.41) is 32.1. The molecule has 2 N–H and O–H groups in total. The van der Waals surface area contributed by atoms with Gasteiger partial charge in [-0.3, -0.25) is 8.77 Å². The van der Waals surface area contributed by atoms with Crippen LogP contribution < -0.4 is 0 Å². The van der Waals surface area contributed by atoms with E-state index >= 15 is 0 Å². The summed E-state index contributed by atoms with van der Waals surface area (Å²) in [6, 6.07) is 35.2. The number of para-hydroxylation sites is 1. The van der Waals surface area contributed by atoms with E-state index in [0.29, 0.717) is 10.4 Å². The predicted molar refractivity (Wildman–Crippen MR) is 178 cm³/mol. The Hall–Kier alpha value is -4.26. The summed E-state index contributed by atoms with van der Waals surface area (Å²) in [5.74, 6) is -0.990. The van der Waals surface area contributed by atoms with Crippen molar-refractivity contribution in [3.63, 3.8) is 0 Å². The number of rotatable bonds is 9. The molecule has 0 saturated heterocycles. The summed E-state index contributed by atoms with van der Waals surface area (Å²) < 4.78 is 2.26. The van der Waals surface area contributed by atoms with E-state index in [1.807, 2.05) is 53.9 Å².